The van der Waals surface area contributed by atoms with E-state index in [2.05, 4.69) is 12.1 Å². The number of hydrogen-bond donors (Lipinski definition) is 1. The van der Waals surface area contributed by atoms with Gasteiger partial charge in [-0.1, -0.05) is 24.1 Å². The number of nitrogens with zero attached hydrogens (tertiary/aromatic N) is 1. The quantitative estimate of drug-likeness (QED) is 0.629. The maximum atomic E-state index is 13.9. The first-order valence-corrected chi connectivity index (χ1v) is 6.56. The Kier molecular flexibility index (Phi) is 4.30. The fraction of sp³-hybridized carbons (Fsp3) is 0.400. The summed E-state index contributed by atoms with van der Waals surface area (Å²) >= 11 is 0. The third-order valence-corrected chi connectivity index (χ3v) is 3.46. The molecule has 102 valence electrons. The number of unbranched alkanes of at least 4 members (excludes halogenated alkanes) is 1. The summed E-state index contributed by atoms with van der Waals surface area (Å²) in [7, 11) is 0. The van der Waals surface area contributed by atoms with Crippen LogP contribution in [0.5, 0.6) is 0 Å². The van der Waals surface area contributed by atoms with E-state index >= 15 is 0 Å². The summed E-state index contributed by atoms with van der Waals surface area (Å²) < 4.78 is 26.9. The lowest BCUT2D eigenvalue weighted by atomic mass is 9.97. The lowest BCUT2D eigenvalue weighted by Crippen LogP contribution is -2.00. The normalized spacial score (nSPS) is 17.5. The largest absolute Gasteiger partial charge is 0.411 e. The van der Waals surface area contributed by atoms with Crippen LogP contribution in [0.3, 0.4) is 0 Å². The van der Waals surface area contributed by atoms with Crippen LogP contribution >= 0.6 is 0 Å². The number of hydrogen-bond acceptors (Lipinski definition) is 2. The van der Waals surface area contributed by atoms with Gasteiger partial charge in [-0.3, -0.25) is 0 Å². The van der Waals surface area contributed by atoms with Gasteiger partial charge in [0, 0.05) is 17.2 Å². The molecule has 2 rings (SSSR count). The summed E-state index contributed by atoms with van der Waals surface area (Å²) in [6.07, 6.45) is 4.32. The van der Waals surface area contributed by atoms with Gasteiger partial charge in [-0.05, 0) is 37.8 Å². The highest BCUT2D eigenvalue weighted by atomic mass is 19.1. The average molecular weight is 265 g/mol. The molecule has 1 aliphatic rings. The fourth-order valence-corrected chi connectivity index (χ4v) is 2.50. The van der Waals surface area contributed by atoms with Gasteiger partial charge in [0.2, 0.25) is 0 Å². The first-order chi connectivity index (χ1) is 9.17. The average Bonchev–Trinajstić information content (AvgIpc) is 2.79. The van der Waals surface area contributed by atoms with Crippen LogP contribution in [0, 0.1) is 11.6 Å². The molecule has 19 heavy (non-hydrogen) atoms. The summed E-state index contributed by atoms with van der Waals surface area (Å²) in [5.74, 6) is -1.20. The highest BCUT2D eigenvalue weighted by molar-refractivity contribution is 6.26. The number of rotatable bonds is 4. The van der Waals surface area contributed by atoms with E-state index < -0.39 is 11.6 Å². The van der Waals surface area contributed by atoms with E-state index in [0.717, 1.165) is 37.3 Å². The smallest absolute Gasteiger partial charge is 0.134 e. The molecule has 4 heteroatoms. The third-order valence-electron chi connectivity index (χ3n) is 3.46. The lowest BCUT2D eigenvalue weighted by molar-refractivity contribution is 0.319. The molecule has 0 spiro atoms. The molecule has 1 aromatic carbocycles. The van der Waals surface area contributed by atoms with Crippen molar-refractivity contribution in [1.29, 1.82) is 0 Å². The molecule has 0 aromatic heterocycles. The van der Waals surface area contributed by atoms with Crippen molar-refractivity contribution in [2.24, 2.45) is 5.16 Å². The van der Waals surface area contributed by atoms with E-state index in [-0.39, 0.29) is 0 Å². The molecule has 1 aromatic rings. The van der Waals surface area contributed by atoms with Crippen LogP contribution in [0.15, 0.2) is 28.9 Å². The second kappa shape index (κ2) is 5.95. The minimum atomic E-state index is -0.605. The molecule has 0 unspecified atom stereocenters. The Morgan fingerprint density at radius 2 is 2.05 bits per heavy atom. The van der Waals surface area contributed by atoms with Crippen LogP contribution in [0.2, 0.25) is 0 Å². The maximum Gasteiger partial charge on any atom is 0.134 e. The first kappa shape index (κ1) is 13.7. The molecule has 0 bridgehead atoms. The van der Waals surface area contributed by atoms with Crippen LogP contribution in [-0.4, -0.2) is 10.9 Å². The van der Waals surface area contributed by atoms with Crippen molar-refractivity contribution in [3.05, 3.63) is 41.0 Å². The SMILES string of the molecule is CCCCC1=C(c2ccc(F)cc2F)/C(=N/O)CC1. The van der Waals surface area contributed by atoms with Gasteiger partial charge in [-0.15, -0.1) is 0 Å². The van der Waals surface area contributed by atoms with E-state index in [4.69, 9.17) is 5.21 Å². The van der Waals surface area contributed by atoms with Crippen molar-refractivity contribution < 1.29 is 14.0 Å². The molecule has 1 aliphatic carbocycles. The summed E-state index contributed by atoms with van der Waals surface area (Å²) in [5, 5.41) is 12.3. The van der Waals surface area contributed by atoms with E-state index in [9.17, 15) is 8.78 Å². The van der Waals surface area contributed by atoms with E-state index in [0.29, 0.717) is 23.3 Å². The molecule has 1 N–H and O–H groups in total. The predicted octanol–water partition coefficient (Wildman–Crippen LogP) is 4.53. The first-order valence-electron chi connectivity index (χ1n) is 6.56. The molecule has 0 amide bonds. The second-order valence-electron chi connectivity index (χ2n) is 4.75. The highest BCUT2D eigenvalue weighted by Gasteiger charge is 2.25. The van der Waals surface area contributed by atoms with Gasteiger partial charge >= 0.3 is 0 Å². The van der Waals surface area contributed by atoms with Gasteiger partial charge in [-0.25, -0.2) is 8.78 Å². The zero-order valence-corrected chi connectivity index (χ0v) is 10.9. The van der Waals surface area contributed by atoms with Crippen LogP contribution in [0.25, 0.3) is 5.57 Å². The maximum absolute atomic E-state index is 13.9. The van der Waals surface area contributed by atoms with Gasteiger partial charge in [-0.2, -0.15) is 0 Å². The van der Waals surface area contributed by atoms with Crippen molar-refractivity contribution in [3.8, 4) is 0 Å². The summed E-state index contributed by atoms with van der Waals surface area (Å²) in [6.45, 7) is 2.09. The number of oxime groups is 1. The Labute approximate surface area is 111 Å². The molecule has 2 nitrogen and oxygen atoms in total. The Balaban J connectivity index is 2.46. The Hall–Kier alpha value is -1.71. The van der Waals surface area contributed by atoms with Crippen LogP contribution in [0.4, 0.5) is 8.78 Å². The molecule has 0 heterocycles. The highest BCUT2D eigenvalue weighted by Crippen LogP contribution is 2.36. The van der Waals surface area contributed by atoms with Crippen LogP contribution in [-0.2, 0) is 0 Å². The Morgan fingerprint density at radius 1 is 1.26 bits per heavy atom. The Bertz CT molecular complexity index is 535. The standard InChI is InChI=1S/C15H17F2NO/c1-2-3-4-10-5-8-14(18-19)15(10)12-7-6-11(16)9-13(12)17/h6-7,9,19H,2-5,8H2,1H3/b18-14+. The summed E-state index contributed by atoms with van der Waals surface area (Å²) in [5.41, 5.74) is 2.59. The molecule has 0 saturated carbocycles. The zero-order valence-electron chi connectivity index (χ0n) is 10.9. The summed E-state index contributed by atoms with van der Waals surface area (Å²) in [4.78, 5) is 0. The molecule has 0 radical (unpaired) electrons. The van der Waals surface area contributed by atoms with Crippen molar-refractivity contribution >= 4 is 11.3 Å². The van der Waals surface area contributed by atoms with Gasteiger partial charge in [0.1, 0.15) is 11.6 Å². The molecular weight excluding hydrogens is 248 g/mol. The van der Waals surface area contributed by atoms with E-state index in [1.165, 1.54) is 12.1 Å². The van der Waals surface area contributed by atoms with Crippen molar-refractivity contribution in [2.75, 3.05) is 0 Å². The minimum Gasteiger partial charge on any atom is -0.411 e. The van der Waals surface area contributed by atoms with Gasteiger partial charge in [0.25, 0.3) is 0 Å². The number of halogens is 2. The predicted molar refractivity (Wildman–Crippen MR) is 71.3 cm³/mol. The molecule has 0 atom stereocenters. The van der Waals surface area contributed by atoms with Gasteiger partial charge in [0.05, 0.1) is 5.71 Å². The number of allylic oxidation sites excluding steroid dienone is 2. The molecule has 0 saturated heterocycles. The molecular formula is C15H17F2NO. The lowest BCUT2D eigenvalue weighted by Gasteiger charge is -2.09. The van der Waals surface area contributed by atoms with Crippen LogP contribution < -0.4 is 0 Å². The Morgan fingerprint density at radius 3 is 2.68 bits per heavy atom. The van der Waals surface area contributed by atoms with E-state index in [1.54, 1.807) is 0 Å². The molecule has 0 fully saturated rings. The number of benzene rings is 1. The zero-order chi connectivity index (χ0) is 13.8. The van der Waals surface area contributed by atoms with Crippen molar-refractivity contribution in [3.63, 3.8) is 0 Å². The monoisotopic (exact) mass is 265 g/mol. The summed E-state index contributed by atoms with van der Waals surface area (Å²) in [6, 6.07) is 3.52. The minimum absolute atomic E-state index is 0.331. The third kappa shape index (κ3) is 2.83. The van der Waals surface area contributed by atoms with Crippen molar-refractivity contribution in [1.82, 2.24) is 0 Å². The fourth-order valence-electron chi connectivity index (χ4n) is 2.50. The van der Waals surface area contributed by atoms with Crippen molar-refractivity contribution in [2.45, 2.75) is 39.0 Å². The van der Waals surface area contributed by atoms with Crippen LogP contribution in [0.1, 0.15) is 44.6 Å². The van der Waals surface area contributed by atoms with Gasteiger partial charge in [0.15, 0.2) is 0 Å². The second-order valence-corrected chi connectivity index (χ2v) is 4.75. The topological polar surface area (TPSA) is 32.6 Å². The molecule has 0 aliphatic heterocycles. The van der Waals surface area contributed by atoms with Gasteiger partial charge < -0.3 is 5.21 Å². The van der Waals surface area contributed by atoms with E-state index in [1.807, 2.05) is 0 Å².